The average Bonchev–Trinajstić information content (AvgIpc) is 3.58. The Morgan fingerprint density at radius 1 is 0.302 bits per heavy atom. The zero-order valence-corrected chi connectivity index (χ0v) is 28.9. The molecule has 0 radical (unpaired) electrons. The Bertz CT molecular complexity index is 2890. The van der Waals surface area contributed by atoms with Gasteiger partial charge in [0.25, 0.3) is 0 Å². The molecule has 0 aliphatic rings. The van der Waals surface area contributed by atoms with E-state index in [0.29, 0.717) is 0 Å². The van der Waals surface area contributed by atoms with Gasteiger partial charge in [0.1, 0.15) is 0 Å². The molecule has 0 spiro atoms. The molecule has 0 fully saturated rings. The Morgan fingerprint density at radius 2 is 0.774 bits per heavy atom. The fourth-order valence-corrected chi connectivity index (χ4v) is 7.56. The molecule has 0 unspecified atom stereocenters. The summed E-state index contributed by atoms with van der Waals surface area (Å²) in [5, 5.41) is 3.48. The summed E-state index contributed by atoms with van der Waals surface area (Å²) in [7, 11) is 0. The standard InChI is InChI=1S/C50H33N3/c1-4-12-34(13-5-1)35-20-22-36(23-21-35)37-24-28-42(29-25-37)53-47-19-11-10-18-43(47)44-32-41(27-31-48(44)53)40-26-30-46-45(33-40)49(38-14-6-2-7-15-38)52-50(51-46)39-16-8-3-9-17-39/h1-33H. The van der Waals surface area contributed by atoms with Crippen molar-refractivity contribution in [3.05, 3.63) is 200 Å². The Hall–Kier alpha value is -7.10. The second-order valence-electron chi connectivity index (χ2n) is 13.4. The van der Waals surface area contributed by atoms with Crippen molar-refractivity contribution in [1.82, 2.24) is 14.5 Å². The third-order valence-corrected chi connectivity index (χ3v) is 10.2. The summed E-state index contributed by atoms with van der Waals surface area (Å²) < 4.78 is 2.38. The van der Waals surface area contributed by atoms with Gasteiger partial charge in [-0.05, 0) is 75.8 Å². The first-order valence-electron chi connectivity index (χ1n) is 18.0. The van der Waals surface area contributed by atoms with E-state index in [9.17, 15) is 0 Å². The number of aromatic nitrogens is 3. The Morgan fingerprint density at radius 3 is 1.43 bits per heavy atom. The largest absolute Gasteiger partial charge is 0.309 e. The van der Waals surface area contributed by atoms with Gasteiger partial charge in [-0.25, -0.2) is 9.97 Å². The number of hydrogen-bond donors (Lipinski definition) is 0. The summed E-state index contributed by atoms with van der Waals surface area (Å²) in [4.78, 5) is 10.2. The summed E-state index contributed by atoms with van der Waals surface area (Å²) in [5.41, 5.74) is 14.6. The third-order valence-electron chi connectivity index (χ3n) is 10.2. The molecule has 0 aliphatic heterocycles. The minimum Gasteiger partial charge on any atom is -0.309 e. The van der Waals surface area contributed by atoms with Crippen LogP contribution in [0.25, 0.3) is 94.4 Å². The summed E-state index contributed by atoms with van der Waals surface area (Å²) in [6.45, 7) is 0. The van der Waals surface area contributed by atoms with Crippen LogP contribution in [-0.4, -0.2) is 14.5 Å². The highest BCUT2D eigenvalue weighted by Crippen LogP contribution is 2.37. The molecular formula is C50H33N3. The van der Waals surface area contributed by atoms with Crippen LogP contribution in [0.4, 0.5) is 0 Å². The normalized spacial score (nSPS) is 11.4. The van der Waals surface area contributed by atoms with Gasteiger partial charge in [-0.2, -0.15) is 0 Å². The molecule has 53 heavy (non-hydrogen) atoms. The predicted molar refractivity (Wildman–Crippen MR) is 221 cm³/mol. The number of hydrogen-bond acceptors (Lipinski definition) is 2. The van der Waals surface area contributed by atoms with Crippen LogP contribution >= 0.6 is 0 Å². The minimum atomic E-state index is 0.730. The van der Waals surface area contributed by atoms with Gasteiger partial charge in [0, 0.05) is 33.0 Å². The summed E-state index contributed by atoms with van der Waals surface area (Å²) in [5.74, 6) is 0.730. The van der Waals surface area contributed by atoms with Gasteiger partial charge in [0.05, 0.1) is 22.2 Å². The maximum Gasteiger partial charge on any atom is 0.160 e. The lowest BCUT2D eigenvalue weighted by atomic mass is 9.98. The van der Waals surface area contributed by atoms with Crippen LogP contribution in [0.1, 0.15) is 0 Å². The summed E-state index contributed by atoms with van der Waals surface area (Å²) >= 11 is 0. The molecular weight excluding hydrogens is 643 g/mol. The van der Waals surface area contributed by atoms with Crippen molar-refractivity contribution in [2.75, 3.05) is 0 Å². The molecule has 8 aromatic carbocycles. The molecule has 0 amide bonds. The lowest BCUT2D eigenvalue weighted by Gasteiger charge is -2.12. The smallest absolute Gasteiger partial charge is 0.160 e. The minimum absolute atomic E-state index is 0.730. The number of fused-ring (bicyclic) bond motifs is 4. The van der Waals surface area contributed by atoms with Gasteiger partial charge in [0.2, 0.25) is 0 Å². The molecule has 248 valence electrons. The van der Waals surface area contributed by atoms with E-state index < -0.39 is 0 Å². The molecule has 3 heteroatoms. The van der Waals surface area contributed by atoms with Crippen LogP contribution in [0.2, 0.25) is 0 Å². The lowest BCUT2D eigenvalue weighted by Crippen LogP contribution is -1.95. The van der Waals surface area contributed by atoms with Crippen molar-refractivity contribution in [2.24, 2.45) is 0 Å². The van der Waals surface area contributed by atoms with Crippen LogP contribution in [0.3, 0.4) is 0 Å². The molecule has 0 saturated carbocycles. The fourth-order valence-electron chi connectivity index (χ4n) is 7.56. The number of para-hydroxylation sites is 1. The zero-order chi connectivity index (χ0) is 35.1. The first-order valence-corrected chi connectivity index (χ1v) is 18.0. The van der Waals surface area contributed by atoms with Crippen LogP contribution in [0, 0.1) is 0 Å². The van der Waals surface area contributed by atoms with E-state index >= 15 is 0 Å². The fraction of sp³-hybridized carbons (Fsp3) is 0. The highest BCUT2D eigenvalue weighted by molar-refractivity contribution is 6.10. The topological polar surface area (TPSA) is 30.7 Å². The Kier molecular flexibility index (Phi) is 7.47. The molecule has 10 rings (SSSR count). The molecule has 0 bridgehead atoms. The van der Waals surface area contributed by atoms with E-state index in [-0.39, 0.29) is 0 Å². The zero-order valence-electron chi connectivity index (χ0n) is 28.9. The van der Waals surface area contributed by atoms with Crippen molar-refractivity contribution >= 4 is 32.7 Å². The van der Waals surface area contributed by atoms with E-state index in [0.717, 1.165) is 50.4 Å². The third kappa shape index (κ3) is 5.56. The molecule has 2 heterocycles. The Balaban J connectivity index is 1.05. The van der Waals surface area contributed by atoms with Gasteiger partial charge in [0.15, 0.2) is 5.82 Å². The highest BCUT2D eigenvalue weighted by Gasteiger charge is 2.16. The van der Waals surface area contributed by atoms with E-state index in [1.165, 1.54) is 44.1 Å². The van der Waals surface area contributed by atoms with E-state index in [1.54, 1.807) is 0 Å². The van der Waals surface area contributed by atoms with E-state index in [2.05, 4.69) is 180 Å². The maximum absolute atomic E-state index is 5.13. The maximum atomic E-state index is 5.13. The molecule has 0 atom stereocenters. The first-order chi connectivity index (χ1) is 26.3. The summed E-state index contributed by atoms with van der Waals surface area (Å²) in [6.07, 6.45) is 0. The number of rotatable bonds is 6. The predicted octanol–water partition coefficient (Wildman–Crippen LogP) is 13.1. The molecule has 0 saturated heterocycles. The summed E-state index contributed by atoms with van der Waals surface area (Å²) in [6, 6.07) is 71.0. The van der Waals surface area contributed by atoms with Crippen molar-refractivity contribution in [3.63, 3.8) is 0 Å². The number of nitrogens with zero attached hydrogens (tertiary/aromatic N) is 3. The molecule has 3 nitrogen and oxygen atoms in total. The van der Waals surface area contributed by atoms with Gasteiger partial charge in [-0.3, -0.25) is 0 Å². The number of benzene rings is 8. The van der Waals surface area contributed by atoms with Gasteiger partial charge >= 0.3 is 0 Å². The SMILES string of the molecule is c1ccc(-c2ccc(-c3ccc(-n4c5ccccc5c5cc(-c6ccc7nc(-c8ccccc8)nc(-c8ccccc8)c7c6)ccc54)cc3)cc2)cc1. The molecule has 0 aliphatic carbocycles. The van der Waals surface area contributed by atoms with Gasteiger partial charge < -0.3 is 4.57 Å². The van der Waals surface area contributed by atoms with E-state index in [4.69, 9.17) is 9.97 Å². The molecule has 0 N–H and O–H groups in total. The van der Waals surface area contributed by atoms with Crippen molar-refractivity contribution < 1.29 is 0 Å². The van der Waals surface area contributed by atoms with Crippen LogP contribution in [-0.2, 0) is 0 Å². The van der Waals surface area contributed by atoms with E-state index in [1.807, 2.05) is 24.3 Å². The van der Waals surface area contributed by atoms with Crippen LogP contribution in [0.15, 0.2) is 200 Å². The first kappa shape index (κ1) is 30.7. The van der Waals surface area contributed by atoms with Crippen LogP contribution < -0.4 is 0 Å². The van der Waals surface area contributed by atoms with Crippen molar-refractivity contribution in [3.8, 4) is 61.7 Å². The lowest BCUT2D eigenvalue weighted by molar-refractivity contribution is 1.18. The van der Waals surface area contributed by atoms with Gasteiger partial charge in [-0.1, -0.05) is 158 Å². The molecule has 2 aromatic heterocycles. The highest BCUT2D eigenvalue weighted by atomic mass is 15.0. The Labute approximate surface area is 308 Å². The van der Waals surface area contributed by atoms with Crippen molar-refractivity contribution in [2.45, 2.75) is 0 Å². The second-order valence-corrected chi connectivity index (χ2v) is 13.4. The van der Waals surface area contributed by atoms with Crippen molar-refractivity contribution in [1.29, 1.82) is 0 Å². The molecule has 10 aromatic rings. The average molecular weight is 676 g/mol. The second kappa shape index (κ2) is 12.9. The monoisotopic (exact) mass is 675 g/mol. The van der Waals surface area contributed by atoms with Gasteiger partial charge in [-0.15, -0.1) is 0 Å². The van der Waals surface area contributed by atoms with Crippen LogP contribution in [0.5, 0.6) is 0 Å². The quantitative estimate of drug-likeness (QED) is 0.176.